The second kappa shape index (κ2) is 5.86. The van der Waals surface area contributed by atoms with E-state index in [-0.39, 0.29) is 6.10 Å². The molecule has 0 radical (unpaired) electrons. The number of hydrogen-bond acceptors (Lipinski definition) is 2. The average molecular weight is 213 g/mol. The molecule has 0 aromatic carbocycles. The topological polar surface area (TPSA) is 23.5 Å². The predicted molar refractivity (Wildman–Crippen MR) is 65.0 cm³/mol. The fraction of sp³-hybridized carbons (Fsp3) is 1.00. The highest BCUT2D eigenvalue weighted by Crippen LogP contribution is 2.39. The van der Waals surface area contributed by atoms with E-state index in [1.54, 1.807) is 0 Å². The van der Waals surface area contributed by atoms with E-state index in [0.29, 0.717) is 5.41 Å². The molecule has 0 aromatic rings. The molecule has 1 fully saturated rings. The Morgan fingerprint density at radius 2 is 1.73 bits per heavy atom. The van der Waals surface area contributed by atoms with Crippen LogP contribution in [0, 0.1) is 5.41 Å². The van der Waals surface area contributed by atoms with Gasteiger partial charge in [0.1, 0.15) is 0 Å². The Labute approximate surface area is 94.7 Å². The average Bonchev–Trinajstić information content (AvgIpc) is 2.11. The van der Waals surface area contributed by atoms with Gasteiger partial charge in [0.25, 0.3) is 0 Å². The first-order valence-electron chi connectivity index (χ1n) is 6.52. The number of rotatable bonds is 7. The Kier molecular flexibility index (Phi) is 5.07. The second-order valence-electron chi connectivity index (χ2n) is 5.35. The molecule has 2 nitrogen and oxygen atoms in total. The maximum absolute atomic E-state index is 9.23. The van der Waals surface area contributed by atoms with Crippen molar-refractivity contribution in [3.05, 3.63) is 0 Å². The molecule has 1 aliphatic heterocycles. The van der Waals surface area contributed by atoms with Gasteiger partial charge in [-0.2, -0.15) is 0 Å². The van der Waals surface area contributed by atoms with Crippen molar-refractivity contribution in [3.63, 3.8) is 0 Å². The summed E-state index contributed by atoms with van der Waals surface area (Å²) in [5.74, 6) is 0. The zero-order chi connectivity index (χ0) is 11.3. The van der Waals surface area contributed by atoms with Crippen molar-refractivity contribution in [2.45, 2.75) is 59.0 Å². The Morgan fingerprint density at radius 3 is 2.13 bits per heavy atom. The lowest BCUT2D eigenvalue weighted by molar-refractivity contribution is -0.0210. The first kappa shape index (κ1) is 13.0. The van der Waals surface area contributed by atoms with Crippen LogP contribution in [-0.4, -0.2) is 35.7 Å². The molecule has 1 unspecified atom stereocenters. The van der Waals surface area contributed by atoms with Crippen molar-refractivity contribution in [1.82, 2.24) is 4.90 Å². The summed E-state index contributed by atoms with van der Waals surface area (Å²) in [4.78, 5) is 2.50. The third-order valence-electron chi connectivity index (χ3n) is 3.54. The molecule has 15 heavy (non-hydrogen) atoms. The van der Waals surface area contributed by atoms with Gasteiger partial charge in [0.2, 0.25) is 0 Å². The van der Waals surface area contributed by atoms with Crippen LogP contribution in [-0.2, 0) is 0 Å². The number of aliphatic hydroxyl groups is 1. The zero-order valence-corrected chi connectivity index (χ0v) is 10.6. The number of hydrogen-bond donors (Lipinski definition) is 1. The molecular weight excluding hydrogens is 186 g/mol. The molecule has 1 heterocycles. The van der Waals surface area contributed by atoms with Crippen molar-refractivity contribution < 1.29 is 5.11 Å². The van der Waals surface area contributed by atoms with Crippen molar-refractivity contribution in [3.8, 4) is 0 Å². The molecule has 0 aliphatic carbocycles. The van der Waals surface area contributed by atoms with Gasteiger partial charge in [-0.3, -0.25) is 0 Å². The Balaban J connectivity index is 2.24. The highest BCUT2D eigenvalue weighted by molar-refractivity contribution is 4.94. The number of aliphatic hydroxyl groups excluding tert-OH is 1. The summed E-state index contributed by atoms with van der Waals surface area (Å²) < 4.78 is 0. The zero-order valence-electron chi connectivity index (χ0n) is 10.6. The van der Waals surface area contributed by atoms with E-state index in [0.717, 1.165) is 13.0 Å². The molecule has 0 spiro atoms. The van der Waals surface area contributed by atoms with Gasteiger partial charge in [0, 0.05) is 19.6 Å². The molecule has 1 aliphatic rings. The minimum atomic E-state index is -0.141. The normalized spacial score (nSPS) is 22.4. The van der Waals surface area contributed by atoms with Crippen molar-refractivity contribution >= 4 is 0 Å². The second-order valence-corrected chi connectivity index (χ2v) is 5.35. The van der Waals surface area contributed by atoms with E-state index in [4.69, 9.17) is 0 Å². The lowest BCUT2D eigenvalue weighted by atomic mass is 9.72. The van der Waals surface area contributed by atoms with E-state index in [1.165, 1.54) is 38.8 Å². The fourth-order valence-electron chi connectivity index (χ4n) is 2.93. The minimum Gasteiger partial charge on any atom is -0.393 e. The lowest BCUT2D eigenvalue weighted by Crippen LogP contribution is -2.56. The maximum atomic E-state index is 9.23. The number of likely N-dealkylation sites (tertiary alicyclic amines) is 1. The Morgan fingerprint density at radius 1 is 1.20 bits per heavy atom. The van der Waals surface area contributed by atoms with Crippen molar-refractivity contribution in [2.24, 2.45) is 5.41 Å². The summed E-state index contributed by atoms with van der Waals surface area (Å²) in [6, 6.07) is 0. The van der Waals surface area contributed by atoms with Gasteiger partial charge in [0.15, 0.2) is 0 Å². The van der Waals surface area contributed by atoms with E-state index < -0.39 is 0 Å². The van der Waals surface area contributed by atoms with Crippen LogP contribution < -0.4 is 0 Å². The Bertz CT molecular complexity index is 165. The first-order chi connectivity index (χ1) is 7.12. The predicted octanol–water partition coefficient (Wildman–Crippen LogP) is 2.66. The molecule has 1 rings (SSSR count). The monoisotopic (exact) mass is 213 g/mol. The molecule has 1 N–H and O–H groups in total. The first-order valence-corrected chi connectivity index (χ1v) is 6.52. The Hall–Kier alpha value is -0.0800. The largest absolute Gasteiger partial charge is 0.393 e. The SMILES string of the molecule is CCCC1(CCC)CN(CCC(C)O)C1. The van der Waals surface area contributed by atoms with Gasteiger partial charge in [-0.1, -0.05) is 26.7 Å². The van der Waals surface area contributed by atoms with Crippen LogP contribution in [0.4, 0.5) is 0 Å². The van der Waals surface area contributed by atoms with E-state index in [9.17, 15) is 5.11 Å². The van der Waals surface area contributed by atoms with E-state index in [1.807, 2.05) is 6.92 Å². The van der Waals surface area contributed by atoms with Crippen LogP contribution in [0.25, 0.3) is 0 Å². The molecule has 0 amide bonds. The van der Waals surface area contributed by atoms with Crippen LogP contribution >= 0.6 is 0 Å². The standard InChI is InChI=1S/C13H27NO/c1-4-7-13(8-5-2)10-14(11-13)9-6-12(3)15/h12,15H,4-11H2,1-3H3. The number of nitrogens with zero attached hydrogens (tertiary/aromatic N) is 1. The smallest absolute Gasteiger partial charge is 0.0524 e. The summed E-state index contributed by atoms with van der Waals surface area (Å²) in [5, 5.41) is 9.23. The third-order valence-corrected chi connectivity index (χ3v) is 3.54. The quantitative estimate of drug-likeness (QED) is 0.703. The van der Waals surface area contributed by atoms with Crippen LogP contribution in [0.2, 0.25) is 0 Å². The van der Waals surface area contributed by atoms with Gasteiger partial charge in [0.05, 0.1) is 6.10 Å². The molecule has 1 atom stereocenters. The molecular formula is C13H27NO. The summed E-state index contributed by atoms with van der Waals surface area (Å²) in [7, 11) is 0. The third kappa shape index (κ3) is 3.76. The molecule has 0 saturated carbocycles. The molecule has 0 aromatic heterocycles. The lowest BCUT2D eigenvalue weighted by Gasteiger charge is -2.51. The fourth-order valence-corrected chi connectivity index (χ4v) is 2.93. The molecule has 1 saturated heterocycles. The van der Waals surface area contributed by atoms with Gasteiger partial charge >= 0.3 is 0 Å². The summed E-state index contributed by atoms with van der Waals surface area (Å²) >= 11 is 0. The van der Waals surface area contributed by atoms with E-state index >= 15 is 0 Å². The molecule has 2 heteroatoms. The molecule has 0 bridgehead atoms. The summed E-state index contributed by atoms with van der Waals surface area (Å²) in [6.45, 7) is 10.1. The van der Waals surface area contributed by atoms with Gasteiger partial charge < -0.3 is 10.0 Å². The molecule has 90 valence electrons. The summed E-state index contributed by atoms with van der Waals surface area (Å²) in [6.07, 6.45) is 6.17. The van der Waals surface area contributed by atoms with Crippen molar-refractivity contribution in [2.75, 3.05) is 19.6 Å². The highest BCUT2D eigenvalue weighted by atomic mass is 16.3. The van der Waals surface area contributed by atoms with E-state index in [2.05, 4.69) is 18.7 Å². The minimum absolute atomic E-state index is 0.141. The van der Waals surface area contributed by atoms with Crippen LogP contribution in [0.15, 0.2) is 0 Å². The van der Waals surface area contributed by atoms with Crippen LogP contribution in [0.3, 0.4) is 0 Å². The highest BCUT2D eigenvalue weighted by Gasteiger charge is 2.40. The van der Waals surface area contributed by atoms with Gasteiger partial charge in [-0.05, 0) is 31.6 Å². The van der Waals surface area contributed by atoms with Crippen molar-refractivity contribution in [1.29, 1.82) is 0 Å². The maximum Gasteiger partial charge on any atom is 0.0524 e. The van der Waals surface area contributed by atoms with Gasteiger partial charge in [-0.25, -0.2) is 0 Å². The van der Waals surface area contributed by atoms with Crippen LogP contribution in [0.1, 0.15) is 52.9 Å². The van der Waals surface area contributed by atoms with Crippen LogP contribution in [0.5, 0.6) is 0 Å². The summed E-state index contributed by atoms with van der Waals surface area (Å²) in [5.41, 5.74) is 0.627. The van der Waals surface area contributed by atoms with Gasteiger partial charge in [-0.15, -0.1) is 0 Å².